The van der Waals surface area contributed by atoms with Gasteiger partial charge in [-0.3, -0.25) is 14.4 Å². The van der Waals surface area contributed by atoms with Crippen molar-refractivity contribution in [3.8, 4) is 28.4 Å². The SMILES string of the molecule is COc1cc2c(c(OC)c1OC)-c1ccc(NCCCCCC(=O)NCc3ccccc3)c(=O)cc1[C@@H](NC(C)=O)CC2. The monoisotopic (exact) mass is 587 g/mol. The van der Waals surface area contributed by atoms with Gasteiger partial charge in [0, 0.05) is 32.0 Å². The molecule has 43 heavy (non-hydrogen) atoms. The highest BCUT2D eigenvalue weighted by Crippen LogP contribution is 2.50. The van der Waals surface area contributed by atoms with Crippen molar-refractivity contribution in [3.05, 3.63) is 81.5 Å². The minimum Gasteiger partial charge on any atom is -0.493 e. The van der Waals surface area contributed by atoms with Gasteiger partial charge in [-0.05, 0) is 66.1 Å². The van der Waals surface area contributed by atoms with Gasteiger partial charge in [-0.15, -0.1) is 0 Å². The Balaban J connectivity index is 1.49. The van der Waals surface area contributed by atoms with Crippen LogP contribution < -0.4 is 35.6 Å². The van der Waals surface area contributed by atoms with Crippen molar-refractivity contribution < 1.29 is 23.8 Å². The first kappa shape index (κ1) is 31.4. The molecule has 3 aromatic carbocycles. The predicted molar refractivity (Wildman–Crippen MR) is 168 cm³/mol. The average Bonchev–Trinajstić information content (AvgIpc) is 3.25. The van der Waals surface area contributed by atoms with Crippen LogP contribution in [-0.2, 0) is 22.6 Å². The molecule has 0 unspecified atom stereocenters. The zero-order chi connectivity index (χ0) is 30.8. The van der Waals surface area contributed by atoms with Crippen molar-refractivity contribution in [1.82, 2.24) is 10.6 Å². The fourth-order valence-electron chi connectivity index (χ4n) is 5.55. The highest BCUT2D eigenvalue weighted by Gasteiger charge is 2.29. The van der Waals surface area contributed by atoms with E-state index in [9.17, 15) is 14.4 Å². The molecule has 3 N–H and O–H groups in total. The number of anilines is 1. The Morgan fingerprint density at radius 3 is 2.37 bits per heavy atom. The van der Waals surface area contributed by atoms with Crippen molar-refractivity contribution in [2.24, 2.45) is 0 Å². The summed E-state index contributed by atoms with van der Waals surface area (Å²) in [4.78, 5) is 37.7. The van der Waals surface area contributed by atoms with Crippen molar-refractivity contribution >= 4 is 17.5 Å². The van der Waals surface area contributed by atoms with E-state index in [1.165, 1.54) is 6.92 Å². The second-order valence-electron chi connectivity index (χ2n) is 10.6. The maximum Gasteiger partial charge on any atom is 0.220 e. The van der Waals surface area contributed by atoms with E-state index in [-0.39, 0.29) is 23.3 Å². The number of methoxy groups -OCH3 is 3. The van der Waals surface area contributed by atoms with E-state index in [1.807, 2.05) is 42.5 Å². The van der Waals surface area contributed by atoms with Gasteiger partial charge >= 0.3 is 0 Å². The molecule has 1 aliphatic carbocycles. The summed E-state index contributed by atoms with van der Waals surface area (Å²) in [6.07, 6.45) is 4.14. The molecule has 0 aromatic heterocycles. The molecule has 1 atom stereocenters. The van der Waals surface area contributed by atoms with Gasteiger partial charge in [0.1, 0.15) is 0 Å². The smallest absolute Gasteiger partial charge is 0.220 e. The summed E-state index contributed by atoms with van der Waals surface area (Å²) in [7, 11) is 4.72. The first-order chi connectivity index (χ1) is 20.9. The minimum atomic E-state index is -0.359. The molecule has 0 bridgehead atoms. The molecule has 0 spiro atoms. The number of aryl methyl sites for hydroxylation is 1. The normalized spacial score (nSPS) is 13.5. The van der Waals surface area contributed by atoms with Crippen LogP contribution in [0.15, 0.2) is 59.4 Å². The summed E-state index contributed by atoms with van der Waals surface area (Å²) in [5, 5.41) is 9.26. The Bertz CT molecular complexity index is 1490. The summed E-state index contributed by atoms with van der Waals surface area (Å²) in [6.45, 7) is 2.60. The van der Waals surface area contributed by atoms with Crippen molar-refractivity contribution in [3.63, 3.8) is 0 Å². The molecule has 228 valence electrons. The first-order valence-electron chi connectivity index (χ1n) is 14.7. The van der Waals surface area contributed by atoms with Gasteiger partial charge in [-0.2, -0.15) is 0 Å². The Kier molecular flexibility index (Phi) is 11.0. The van der Waals surface area contributed by atoms with Crippen LogP contribution in [0.4, 0.5) is 5.69 Å². The van der Waals surface area contributed by atoms with Crippen LogP contribution in [0.5, 0.6) is 17.2 Å². The van der Waals surface area contributed by atoms with Crippen LogP contribution in [0.3, 0.4) is 0 Å². The zero-order valence-electron chi connectivity index (χ0n) is 25.4. The van der Waals surface area contributed by atoms with Gasteiger partial charge in [-0.1, -0.05) is 42.8 Å². The molecule has 3 aromatic rings. The Labute approximate surface area is 252 Å². The molecular formula is C34H41N3O6. The summed E-state index contributed by atoms with van der Waals surface area (Å²) in [5.74, 6) is 1.40. The van der Waals surface area contributed by atoms with Crippen LogP contribution in [0, 0.1) is 0 Å². The molecule has 0 saturated carbocycles. The zero-order valence-corrected chi connectivity index (χ0v) is 25.4. The van der Waals surface area contributed by atoms with Crippen LogP contribution in [0.25, 0.3) is 11.1 Å². The number of fused-ring (bicyclic) bond motifs is 3. The summed E-state index contributed by atoms with van der Waals surface area (Å²) >= 11 is 0. The number of benzene rings is 2. The fraction of sp³-hybridized carbons (Fsp3) is 0.382. The Morgan fingerprint density at radius 2 is 1.67 bits per heavy atom. The topological polar surface area (TPSA) is 115 Å². The molecule has 0 heterocycles. The number of hydrogen-bond acceptors (Lipinski definition) is 7. The number of rotatable bonds is 13. The lowest BCUT2D eigenvalue weighted by Crippen LogP contribution is -2.26. The van der Waals surface area contributed by atoms with Crippen LogP contribution >= 0.6 is 0 Å². The number of carbonyl (C=O) groups excluding carboxylic acids is 2. The van der Waals surface area contributed by atoms with Gasteiger partial charge in [0.25, 0.3) is 0 Å². The third kappa shape index (κ3) is 7.85. The van der Waals surface area contributed by atoms with Gasteiger partial charge < -0.3 is 30.2 Å². The molecular weight excluding hydrogens is 546 g/mol. The van der Waals surface area contributed by atoms with Crippen LogP contribution in [0.2, 0.25) is 0 Å². The van der Waals surface area contributed by atoms with E-state index in [0.717, 1.165) is 47.1 Å². The van der Waals surface area contributed by atoms with E-state index in [4.69, 9.17) is 14.2 Å². The van der Waals surface area contributed by atoms with E-state index >= 15 is 0 Å². The number of unbranched alkanes of at least 4 members (excludes halogenated alkanes) is 2. The Morgan fingerprint density at radius 1 is 0.907 bits per heavy atom. The van der Waals surface area contributed by atoms with Crippen LogP contribution in [-0.4, -0.2) is 39.7 Å². The van der Waals surface area contributed by atoms with E-state index in [1.54, 1.807) is 33.5 Å². The van der Waals surface area contributed by atoms with Crippen molar-refractivity contribution in [2.75, 3.05) is 33.2 Å². The summed E-state index contributed by atoms with van der Waals surface area (Å²) in [6, 6.07) is 16.7. The maximum absolute atomic E-state index is 13.4. The Hall–Kier alpha value is -4.53. The van der Waals surface area contributed by atoms with Gasteiger partial charge in [0.15, 0.2) is 11.5 Å². The maximum atomic E-state index is 13.4. The molecule has 0 radical (unpaired) electrons. The van der Waals surface area contributed by atoms with Gasteiger partial charge in [-0.25, -0.2) is 0 Å². The van der Waals surface area contributed by atoms with Crippen molar-refractivity contribution in [1.29, 1.82) is 0 Å². The molecule has 0 saturated heterocycles. The number of carbonyl (C=O) groups is 2. The number of ether oxygens (including phenoxy) is 3. The van der Waals surface area contributed by atoms with E-state index in [2.05, 4.69) is 16.0 Å². The number of nitrogens with one attached hydrogen (secondary N) is 3. The first-order valence-corrected chi connectivity index (χ1v) is 14.7. The van der Waals surface area contributed by atoms with Crippen LogP contribution in [0.1, 0.15) is 61.8 Å². The lowest BCUT2D eigenvalue weighted by atomic mass is 9.95. The minimum absolute atomic E-state index is 0.0360. The quantitative estimate of drug-likeness (QED) is 0.237. The average molecular weight is 588 g/mol. The summed E-state index contributed by atoms with van der Waals surface area (Å²) in [5.41, 5.74) is 4.68. The summed E-state index contributed by atoms with van der Waals surface area (Å²) < 4.78 is 17.1. The highest BCUT2D eigenvalue weighted by molar-refractivity contribution is 5.83. The molecule has 0 aliphatic heterocycles. The molecule has 1 aliphatic rings. The second-order valence-corrected chi connectivity index (χ2v) is 10.6. The molecule has 0 fully saturated rings. The third-order valence-electron chi connectivity index (χ3n) is 7.64. The van der Waals surface area contributed by atoms with E-state index < -0.39 is 0 Å². The second kappa shape index (κ2) is 15.1. The highest BCUT2D eigenvalue weighted by atomic mass is 16.5. The fourth-order valence-corrected chi connectivity index (χ4v) is 5.55. The standard InChI is InChI=1S/C34H41N3O6/c1-22(38)37-27-16-14-24-19-30(41-2)33(42-3)34(43-4)32(24)25-15-17-28(29(39)20-26(25)27)35-18-10-6-9-13-31(40)36-21-23-11-7-5-8-12-23/h5,7-8,11-12,15,17,19-20,27H,6,9-10,13-14,16,18,21H2,1-4H3,(H,35,39)(H,36,40)(H,37,38)/t27-/m0/s1. The number of hydrogen-bond donors (Lipinski definition) is 3. The molecule has 4 rings (SSSR count). The van der Waals surface area contributed by atoms with E-state index in [0.29, 0.717) is 55.3 Å². The molecule has 9 heteroatoms. The predicted octanol–water partition coefficient (Wildman–Crippen LogP) is 5.15. The largest absolute Gasteiger partial charge is 0.493 e. The molecule has 2 amide bonds. The lowest BCUT2D eigenvalue weighted by molar-refractivity contribution is -0.121. The lowest BCUT2D eigenvalue weighted by Gasteiger charge is -2.19. The van der Waals surface area contributed by atoms with Gasteiger partial charge in [0.2, 0.25) is 23.0 Å². The van der Waals surface area contributed by atoms with Gasteiger partial charge in [0.05, 0.1) is 33.1 Å². The third-order valence-corrected chi connectivity index (χ3v) is 7.64. The molecule has 9 nitrogen and oxygen atoms in total. The number of amides is 2. The van der Waals surface area contributed by atoms with Crippen molar-refractivity contribution in [2.45, 2.75) is 58.0 Å².